The number of para-hydroxylation sites is 1. The van der Waals surface area contributed by atoms with E-state index in [1.165, 1.54) is 15.9 Å². The van der Waals surface area contributed by atoms with E-state index < -0.39 is 12.0 Å². The fourth-order valence-electron chi connectivity index (χ4n) is 4.28. The third-order valence-corrected chi connectivity index (χ3v) is 7.19. The standard InChI is InChI=1S/C28H28Cl2N2O5S/c1-6-35-25-17(12-18(29)14-20(25)30)13-22-26(33)32-24(19-10-8-9-11-21(19)37-15(3)4)23(27(34)36-7-2)16(5)31-28(32)38-22/h8-15,24H,6-7H2,1-5H3/b22-13-/t24-/m1/s1. The van der Waals surface area contributed by atoms with E-state index in [0.29, 0.717) is 54.3 Å². The Labute approximate surface area is 234 Å². The Bertz CT molecular complexity index is 1590. The molecule has 0 amide bonds. The molecule has 0 aliphatic carbocycles. The van der Waals surface area contributed by atoms with Crippen molar-refractivity contribution >= 4 is 46.6 Å². The number of halogens is 2. The van der Waals surface area contributed by atoms with E-state index in [4.69, 9.17) is 37.4 Å². The number of hydrogen-bond acceptors (Lipinski definition) is 7. The van der Waals surface area contributed by atoms with Crippen molar-refractivity contribution in [1.82, 2.24) is 4.57 Å². The molecule has 10 heteroatoms. The first-order valence-corrected chi connectivity index (χ1v) is 13.8. The normalized spacial score (nSPS) is 15.4. The zero-order valence-corrected chi connectivity index (χ0v) is 24.0. The van der Waals surface area contributed by atoms with Crippen molar-refractivity contribution in [3.63, 3.8) is 0 Å². The molecule has 0 N–H and O–H groups in total. The molecule has 2 aromatic carbocycles. The summed E-state index contributed by atoms with van der Waals surface area (Å²) in [5.41, 5.74) is 1.65. The molecule has 1 aliphatic rings. The highest BCUT2D eigenvalue weighted by Gasteiger charge is 2.35. The molecule has 0 fully saturated rings. The van der Waals surface area contributed by atoms with Gasteiger partial charge in [0.25, 0.3) is 5.56 Å². The average Bonchev–Trinajstić information content (AvgIpc) is 3.15. The third-order valence-electron chi connectivity index (χ3n) is 5.71. The first kappa shape index (κ1) is 28.0. The van der Waals surface area contributed by atoms with E-state index in [-0.39, 0.29) is 23.8 Å². The molecule has 38 heavy (non-hydrogen) atoms. The predicted molar refractivity (Wildman–Crippen MR) is 150 cm³/mol. The second-order valence-corrected chi connectivity index (χ2v) is 10.6. The fraction of sp³-hybridized carbons (Fsp3) is 0.321. The van der Waals surface area contributed by atoms with Crippen LogP contribution in [0.3, 0.4) is 0 Å². The zero-order valence-electron chi connectivity index (χ0n) is 21.7. The quantitative estimate of drug-likeness (QED) is 0.341. The molecular weight excluding hydrogens is 547 g/mol. The first-order chi connectivity index (χ1) is 18.2. The molecule has 1 atom stereocenters. The smallest absolute Gasteiger partial charge is 0.338 e. The van der Waals surface area contributed by atoms with Crippen molar-refractivity contribution in [2.45, 2.75) is 46.8 Å². The summed E-state index contributed by atoms with van der Waals surface area (Å²) < 4.78 is 19.1. The van der Waals surface area contributed by atoms with Crippen LogP contribution in [0.2, 0.25) is 10.0 Å². The van der Waals surface area contributed by atoms with E-state index in [0.717, 1.165) is 0 Å². The monoisotopic (exact) mass is 574 g/mol. The van der Waals surface area contributed by atoms with Gasteiger partial charge in [0.1, 0.15) is 17.5 Å². The number of rotatable bonds is 8. The highest BCUT2D eigenvalue weighted by molar-refractivity contribution is 7.07. The van der Waals surface area contributed by atoms with Gasteiger partial charge in [-0.15, -0.1) is 0 Å². The lowest BCUT2D eigenvalue weighted by atomic mass is 9.95. The lowest BCUT2D eigenvalue weighted by Crippen LogP contribution is -2.40. The zero-order chi connectivity index (χ0) is 27.6. The maximum absolute atomic E-state index is 14.0. The van der Waals surface area contributed by atoms with Gasteiger partial charge in [-0.1, -0.05) is 52.7 Å². The first-order valence-electron chi connectivity index (χ1n) is 12.2. The van der Waals surface area contributed by atoms with Gasteiger partial charge in [-0.2, -0.15) is 0 Å². The van der Waals surface area contributed by atoms with E-state index in [1.54, 1.807) is 32.1 Å². The minimum atomic E-state index is -0.795. The van der Waals surface area contributed by atoms with Crippen LogP contribution in [0.1, 0.15) is 51.8 Å². The molecular formula is C28H28Cl2N2O5S. The number of thiazole rings is 1. The van der Waals surface area contributed by atoms with Gasteiger partial charge in [0.15, 0.2) is 4.80 Å². The lowest BCUT2D eigenvalue weighted by molar-refractivity contribution is -0.139. The van der Waals surface area contributed by atoms with Crippen LogP contribution in [0.25, 0.3) is 6.08 Å². The number of nitrogens with zero attached hydrogens (tertiary/aromatic N) is 2. The summed E-state index contributed by atoms with van der Waals surface area (Å²) in [5, 5.41) is 0.756. The molecule has 1 aliphatic heterocycles. The highest BCUT2D eigenvalue weighted by Crippen LogP contribution is 2.36. The molecule has 1 aromatic heterocycles. The highest BCUT2D eigenvalue weighted by atomic mass is 35.5. The summed E-state index contributed by atoms with van der Waals surface area (Å²) in [6.45, 7) is 9.74. The van der Waals surface area contributed by atoms with Crippen molar-refractivity contribution in [1.29, 1.82) is 0 Å². The number of benzene rings is 2. The third kappa shape index (κ3) is 5.53. The van der Waals surface area contributed by atoms with Crippen molar-refractivity contribution in [2.24, 2.45) is 4.99 Å². The van der Waals surface area contributed by atoms with E-state index >= 15 is 0 Å². The molecule has 7 nitrogen and oxygen atoms in total. The van der Waals surface area contributed by atoms with Crippen LogP contribution in [0.5, 0.6) is 11.5 Å². The van der Waals surface area contributed by atoms with Gasteiger partial charge in [0.05, 0.1) is 40.1 Å². The number of fused-ring (bicyclic) bond motifs is 1. The second-order valence-electron chi connectivity index (χ2n) is 8.75. The van der Waals surface area contributed by atoms with Crippen molar-refractivity contribution in [2.75, 3.05) is 13.2 Å². The molecule has 0 bridgehead atoms. The van der Waals surface area contributed by atoms with Gasteiger partial charge in [-0.05, 0) is 58.9 Å². The Balaban J connectivity index is 2.01. The molecule has 200 valence electrons. The van der Waals surface area contributed by atoms with E-state index in [2.05, 4.69) is 4.99 Å². The summed E-state index contributed by atoms with van der Waals surface area (Å²) in [6, 6.07) is 9.86. The Morgan fingerprint density at radius 1 is 1.18 bits per heavy atom. The van der Waals surface area contributed by atoms with Crippen LogP contribution in [0.15, 0.2) is 57.5 Å². The molecule has 4 rings (SSSR count). The Morgan fingerprint density at radius 2 is 1.92 bits per heavy atom. The minimum Gasteiger partial charge on any atom is -0.492 e. The van der Waals surface area contributed by atoms with Gasteiger partial charge in [0.2, 0.25) is 0 Å². The number of ether oxygens (including phenoxy) is 3. The topological polar surface area (TPSA) is 79.1 Å². The SMILES string of the molecule is CCOC(=O)C1=C(C)N=c2s/c(=C\c3cc(Cl)cc(Cl)c3OCC)c(=O)n2[C@@H]1c1ccccc1OC(C)C. The molecule has 0 spiro atoms. The van der Waals surface area contributed by atoms with Crippen molar-refractivity contribution in [3.05, 3.63) is 88.5 Å². The largest absolute Gasteiger partial charge is 0.492 e. The number of aromatic nitrogens is 1. The van der Waals surface area contributed by atoms with Crippen LogP contribution >= 0.6 is 34.5 Å². The maximum atomic E-state index is 14.0. The summed E-state index contributed by atoms with van der Waals surface area (Å²) in [6.07, 6.45) is 1.57. The number of hydrogen-bond donors (Lipinski definition) is 0. The van der Waals surface area contributed by atoms with Crippen LogP contribution in [0.4, 0.5) is 0 Å². The van der Waals surface area contributed by atoms with Gasteiger partial charge >= 0.3 is 5.97 Å². The summed E-state index contributed by atoms with van der Waals surface area (Å²) >= 11 is 13.9. The molecule has 0 saturated carbocycles. The molecule has 0 radical (unpaired) electrons. The van der Waals surface area contributed by atoms with Crippen LogP contribution in [0, 0.1) is 0 Å². The lowest BCUT2D eigenvalue weighted by Gasteiger charge is -2.26. The predicted octanol–water partition coefficient (Wildman–Crippen LogP) is 5.29. The summed E-state index contributed by atoms with van der Waals surface area (Å²) in [4.78, 5) is 32.2. The Morgan fingerprint density at radius 3 is 2.61 bits per heavy atom. The average molecular weight is 576 g/mol. The van der Waals surface area contributed by atoms with Gasteiger partial charge in [0, 0.05) is 16.1 Å². The van der Waals surface area contributed by atoms with Gasteiger partial charge in [-0.25, -0.2) is 9.79 Å². The molecule has 0 saturated heterocycles. The van der Waals surface area contributed by atoms with Crippen molar-refractivity contribution < 1.29 is 19.0 Å². The fourth-order valence-corrected chi connectivity index (χ4v) is 5.88. The van der Waals surface area contributed by atoms with Gasteiger partial charge in [-0.3, -0.25) is 9.36 Å². The van der Waals surface area contributed by atoms with Crippen molar-refractivity contribution in [3.8, 4) is 11.5 Å². The van der Waals surface area contributed by atoms with Gasteiger partial charge < -0.3 is 14.2 Å². The van der Waals surface area contributed by atoms with Crippen LogP contribution < -0.4 is 24.4 Å². The van der Waals surface area contributed by atoms with Crippen LogP contribution in [-0.2, 0) is 9.53 Å². The molecule has 3 aromatic rings. The second kappa shape index (κ2) is 11.8. The molecule has 2 heterocycles. The number of carbonyl (C=O) groups is 1. The van der Waals surface area contributed by atoms with Crippen LogP contribution in [-0.4, -0.2) is 29.9 Å². The minimum absolute atomic E-state index is 0.118. The number of esters is 1. The summed E-state index contributed by atoms with van der Waals surface area (Å²) in [5.74, 6) is 0.464. The Hall–Kier alpha value is -3.07. The Kier molecular flexibility index (Phi) is 8.65. The maximum Gasteiger partial charge on any atom is 0.338 e. The molecule has 0 unspecified atom stereocenters. The number of carbonyl (C=O) groups excluding carboxylic acids is 1. The van der Waals surface area contributed by atoms with E-state index in [1.807, 2.05) is 45.0 Å². The van der Waals surface area contributed by atoms with E-state index in [9.17, 15) is 9.59 Å². The summed E-state index contributed by atoms with van der Waals surface area (Å²) in [7, 11) is 0. The number of allylic oxidation sites excluding steroid dienone is 1.